The van der Waals surface area contributed by atoms with E-state index in [0.29, 0.717) is 23.5 Å². The standard InChI is InChI=1S/C15H20F3N3O3/c1-14(2,3)10-8-11(20-24-10)19-12(22)9-6-4-5-7-21(9)13(23)15(16,17)18/h8-9H,4-7H2,1-3H3,(H,19,20,22). The van der Waals surface area contributed by atoms with Crippen molar-refractivity contribution >= 4 is 17.6 Å². The van der Waals surface area contributed by atoms with E-state index in [2.05, 4.69) is 10.5 Å². The molecule has 1 N–H and O–H groups in total. The van der Waals surface area contributed by atoms with Crippen molar-refractivity contribution in [1.82, 2.24) is 10.1 Å². The quantitative estimate of drug-likeness (QED) is 0.893. The van der Waals surface area contributed by atoms with Crippen molar-refractivity contribution in [2.24, 2.45) is 0 Å². The number of amides is 2. The highest BCUT2D eigenvalue weighted by Gasteiger charge is 2.46. The predicted octanol–water partition coefficient (Wildman–Crippen LogP) is 2.85. The van der Waals surface area contributed by atoms with Gasteiger partial charge in [0.05, 0.1) is 0 Å². The average Bonchev–Trinajstić information content (AvgIpc) is 2.94. The van der Waals surface area contributed by atoms with Gasteiger partial charge in [-0.3, -0.25) is 9.59 Å². The SMILES string of the molecule is CC(C)(C)c1cc(NC(=O)C2CCCCN2C(=O)C(F)(F)F)no1. The monoisotopic (exact) mass is 347 g/mol. The second-order valence-corrected chi connectivity index (χ2v) is 6.82. The Labute approximate surface area is 137 Å². The molecule has 1 unspecified atom stereocenters. The Morgan fingerprint density at radius 1 is 1.29 bits per heavy atom. The molecule has 0 aliphatic carbocycles. The van der Waals surface area contributed by atoms with Gasteiger partial charge in [0.25, 0.3) is 0 Å². The number of hydrogen-bond donors (Lipinski definition) is 1. The number of hydrogen-bond acceptors (Lipinski definition) is 4. The van der Waals surface area contributed by atoms with E-state index in [0.717, 1.165) is 0 Å². The molecule has 1 aromatic heterocycles. The Balaban J connectivity index is 2.12. The third-order valence-corrected chi connectivity index (χ3v) is 3.81. The molecule has 2 rings (SSSR count). The predicted molar refractivity (Wildman–Crippen MR) is 79.2 cm³/mol. The second kappa shape index (κ2) is 6.45. The van der Waals surface area contributed by atoms with E-state index in [1.165, 1.54) is 6.07 Å². The molecule has 1 aromatic rings. The van der Waals surface area contributed by atoms with Crippen LogP contribution in [0.5, 0.6) is 0 Å². The van der Waals surface area contributed by atoms with Crippen molar-refractivity contribution in [2.75, 3.05) is 11.9 Å². The average molecular weight is 347 g/mol. The fourth-order valence-electron chi connectivity index (χ4n) is 2.51. The Kier molecular flexibility index (Phi) is 4.91. The van der Waals surface area contributed by atoms with Gasteiger partial charge in [0.15, 0.2) is 5.82 Å². The largest absolute Gasteiger partial charge is 0.471 e. The number of halogens is 3. The number of anilines is 1. The maximum Gasteiger partial charge on any atom is 0.471 e. The Hall–Kier alpha value is -2.06. The van der Waals surface area contributed by atoms with Gasteiger partial charge in [-0.15, -0.1) is 0 Å². The first-order valence-electron chi connectivity index (χ1n) is 7.66. The summed E-state index contributed by atoms with van der Waals surface area (Å²) in [4.78, 5) is 24.4. The smallest absolute Gasteiger partial charge is 0.359 e. The summed E-state index contributed by atoms with van der Waals surface area (Å²) in [5.41, 5.74) is -0.320. The molecule has 24 heavy (non-hydrogen) atoms. The first kappa shape index (κ1) is 18.3. The van der Waals surface area contributed by atoms with E-state index in [1.807, 2.05) is 20.8 Å². The summed E-state index contributed by atoms with van der Waals surface area (Å²) < 4.78 is 43.2. The zero-order valence-electron chi connectivity index (χ0n) is 13.7. The molecule has 1 saturated heterocycles. The highest BCUT2D eigenvalue weighted by molar-refractivity contribution is 5.97. The van der Waals surface area contributed by atoms with Gasteiger partial charge in [-0.05, 0) is 19.3 Å². The molecule has 1 aliphatic heterocycles. The van der Waals surface area contributed by atoms with Gasteiger partial charge in [0.1, 0.15) is 11.8 Å². The minimum absolute atomic E-state index is 0.0948. The van der Waals surface area contributed by atoms with Gasteiger partial charge in [0.2, 0.25) is 5.91 Å². The number of aromatic nitrogens is 1. The Morgan fingerprint density at radius 3 is 2.50 bits per heavy atom. The van der Waals surface area contributed by atoms with E-state index in [9.17, 15) is 22.8 Å². The number of carbonyl (C=O) groups is 2. The van der Waals surface area contributed by atoms with Crippen LogP contribution in [0.1, 0.15) is 45.8 Å². The molecule has 2 amide bonds. The van der Waals surface area contributed by atoms with Crippen molar-refractivity contribution in [2.45, 2.75) is 57.7 Å². The van der Waals surface area contributed by atoms with Crippen molar-refractivity contribution in [3.8, 4) is 0 Å². The molecule has 6 nitrogen and oxygen atoms in total. The van der Waals surface area contributed by atoms with E-state index >= 15 is 0 Å². The van der Waals surface area contributed by atoms with Crippen molar-refractivity contribution in [3.63, 3.8) is 0 Å². The number of likely N-dealkylation sites (tertiary alicyclic amines) is 1. The van der Waals surface area contributed by atoms with Crippen LogP contribution in [0.2, 0.25) is 0 Å². The van der Waals surface area contributed by atoms with Crippen LogP contribution in [0.15, 0.2) is 10.6 Å². The summed E-state index contributed by atoms with van der Waals surface area (Å²) in [7, 11) is 0. The van der Waals surface area contributed by atoms with Crippen LogP contribution in [0.3, 0.4) is 0 Å². The fraction of sp³-hybridized carbons (Fsp3) is 0.667. The molecule has 0 saturated carbocycles. The number of rotatable bonds is 2. The van der Waals surface area contributed by atoms with Crippen molar-refractivity contribution in [1.29, 1.82) is 0 Å². The van der Waals surface area contributed by atoms with Crippen LogP contribution in [-0.2, 0) is 15.0 Å². The molecule has 0 bridgehead atoms. The third-order valence-electron chi connectivity index (χ3n) is 3.81. The molecular weight excluding hydrogens is 327 g/mol. The summed E-state index contributed by atoms with van der Waals surface area (Å²) in [6, 6.07) is 0.360. The number of nitrogens with one attached hydrogen (secondary N) is 1. The molecular formula is C15H20F3N3O3. The van der Waals surface area contributed by atoms with Crippen LogP contribution >= 0.6 is 0 Å². The number of alkyl halides is 3. The first-order chi connectivity index (χ1) is 11.0. The topological polar surface area (TPSA) is 75.4 Å². The van der Waals surface area contributed by atoms with Gasteiger partial charge in [-0.2, -0.15) is 13.2 Å². The molecule has 0 spiro atoms. The van der Waals surface area contributed by atoms with Gasteiger partial charge in [-0.1, -0.05) is 25.9 Å². The summed E-state index contributed by atoms with van der Waals surface area (Å²) in [5.74, 6) is -2.03. The Morgan fingerprint density at radius 2 is 1.96 bits per heavy atom. The fourth-order valence-corrected chi connectivity index (χ4v) is 2.51. The van der Waals surface area contributed by atoms with Crippen molar-refractivity contribution in [3.05, 3.63) is 11.8 Å². The lowest BCUT2D eigenvalue weighted by Gasteiger charge is -2.34. The lowest BCUT2D eigenvalue weighted by atomic mass is 9.93. The molecule has 9 heteroatoms. The van der Waals surface area contributed by atoms with Crippen LogP contribution < -0.4 is 5.32 Å². The molecule has 134 valence electrons. The van der Waals surface area contributed by atoms with Gasteiger partial charge >= 0.3 is 12.1 Å². The summed E-state index contributed by atoms with van der Waals surface area (Å²) in [6.45, 7) is 5.58. The van der Waals surface area contributed by atoms with E-state index < -0.39 is 24.0 Å². The zero-order chi connectivity index (χ0) is 18.1. The molecule has 2 heterocycles. The normalized spacial score (nSPS) is 19.2. The van der Waals surface area contributed by atoms with Gasteiger partial charge in [-0.25, -0.2) is 0 Å². The molecule has 1 atom stereocenters. The van der Waals surface area contributed by atoms with Crippen LogP contribution in [0, 0.1) is 0 Å². The van der Waals surface area contributed by atoms with Crippen LogP contribution in [0.25, 0.3) is 0 Å². The van der Waals surface area contributed by atoms with E-state index in [1.54, 1.807) is 0 Å². The first-order valence-corrected chi connectivity index (χ1v) is 7.66. The second-order valence-electron chi connectivity index (χ2n) is 6.82. The third kappa shape index (κ3) is 4.07. The summed E-state index contributed by atoms with van der Waals surface area (Å²) >= 11 is 0. The number of carbonyl (C=O) groups excluding carboxylic acids is 2. The molecule has 1 aliphatic rings. The van der Waals surface area contributed by atoms with Crippen LogP contribution in [-0.4, -0.2) is 40.6 Å². The van der Waals surface area contributed by atoms with Gasteiger partial charge < -0.3 is 14.7 Å². The lowest BCUT2D eigenvalue weighted by molar-refractivity contribution is -0.189. The highest BCUT2D eigenvalue weighted by atomic mass is 19.4. The molecule has 1 fully saturated rings. The lowest BCUT2D eigenvalue weighted by Crippen LogP contribution is -2.54. The summed E-state index contributed by atoms with van der Waals surface area (Å²) in [5, 5.41) is 6.14. The highest BCUT2D eigenvalue weighted by Crippen LogP contribution is 2.27. The number of nitrogens with zero attached hydrogens (tertiary/aromatic N) is 2. The van der Waals surface area contributed by atoms with E-state index in [-0.39, 0.29) is 24.2 Å². The Bertz CT molecular complexity index is 619. The summed E-state index contributed by atoms with van der Waals surface area (Å²) in [6.07, 6.45) is -3.81. The maximum absolute atomic E-state index is 12.7. The molecule has 0 aromatic carbocycles. The minimum atomic E-state index is -5.00. The zero-order valence-corrected chi connectivity index (χ0v) is 13.7. The van der Waals surface area contributed by atoms with Crippen LogP contribution in [0.4, 0.5) is 19.0 Å². The maximum atomic E-state index is 12.7. The number of piperidine rings is 1. The molecule has 0 radical (unpaired) electrons. The van der Waals surface area contributed by atoms with Gasteiger partial charge in [0, 0.05) is 18.0 Å². The minimum Gasteiger partial charge on any atom is -0.359 e. The van der Waals surface area contributed by atoms with Crippen molar-refractivity contribution < 1.29 is 27.3 Å². The van der Waals surface area contributed by atoms with E-state index in [4.69, 9.17) is 4.52 Å².